The Hall–Kier alpha value is -2.34. The summed E-state index contributed by atoms with van der Waals surface area (Å²) in [4.78, 5) is 4.25. The van der Waals surface area contributed by atoms with Gasteiger partial charge in [0.05, 0.1) is 0 Å². The van der Waals surface area contributed by atoms with Crippen LogP contribution in [0.5, 0.6) is 5.88 Å². The molecule has 0 aliphatic carbocycles. The third-order valence-corrected chi connectivity index (χ3v) is 2.93. The van der Waals surface area contributed by atoms with Gasteiger partial charge in [-0.2, -0.15) is 5.26 Å². The van der Waals surface area contributed by atoms with Crippen molar-refractivity contribution < 1.29 is 4.74 Å². The van der Waals surface area contributed by atoms with E-state index in [4.69, 9.17) is 10.00 Å². The van der Waals surface area contributed by atoms with Gasteiger partial charge in [0.15, 0.2) is 0 Å². The van der Waals surface area contributed by atoms with Crippen molar-refractivity contribution in [2.75, 3.05) is 0 Å². The Kier molecular flexibility index (Phi) is 4.15. The van der Waals surface area contributed by atoms with Crippen molar-refractivity contribution in [3.8, 4) is 11.9 Å². The normalized spacial score (nSPS) is 9.95. The number of nitrogens with zero attached hydrogens (tertiary/aromatic N) is 2. The molecule has 3 nitrogen and oxygen atoms in total. The maximum Gasteiger partial charge on any atom is 0.232 e. The van der Waals surface area contributed by atoms with E-state index in [1.54, 1.807) is 12.1 Å². The van der Waals surface area contributed by atoms with Crippen LogP contribution in [0.1, 0.15) is 29.3 Å². The number of rotatable bonds is 4. The van der Waals surface area contributed by atoms with E-state index in [9.17, 15) is 0 Å². The Morgan fingerprint density at radius 3 is 2.42 bits per heavy atom. The number of hydrogen-bond donors (Lipinski definition) is 0. The molecule has 1 heterocycles. The first-order valence-corrected chi connectivity index (χ1v) is 6.31. The van der Waals surface area contributed by atoms with Crippen LogP contribution in [0.15, 0.2) is 36.4 Å². The molecular weight excluding hydrogens is 236 g/mol. The van der Waals surface area contributed by atoms with Crippen molar-refractivity contribution in [1.29, 1.82) is 5.26 Å². The van der Waals surface area contributed by atoms with Crippen LogP contribution in [0.3, 0.4) is 0 Å². The van der Waals surface area contributed by atoms with E-state index in [-0.39, 0.29) is 0 Å². The molecule has 0 fully saturated rings. The third-order valence-electron chi connectivity index (χ3n) is 2.93. The summed E-state index contributed by atoms with van der Waals surface area (Å²) >= 11 is 0. The van der Waals surface area contributed by atoms with Crippen molar-refractivity contribution in [1.82, 2.24) is 4.98 Å². The molecule has 0 radical (unpaired) electrons. The maximum atomic E-state index is 9.00. The smallest absolute Gasteiger partial charge is 0.232 e. The number of hydrogen-bond acceptors (Lipinski definition) is 3. The molecule has 19 heavy (non-hydrogen) atoms. The second-order valence-electron chi connectivity index (χ2n) is 4.38. The second kappa shape index (κ2) is 6.01. The lowest BCUT2D eigenvalue weighted by Crippen LogP contribution is -2.00. The van der Waals surface area contributed by atoms with Crippen molar-refractivity contribution in [3.05, 3.63) is 58.8 Å². The van der Waals surface area contributed by atoms with Crippen LogP contribution < -0.4 is 4.74 Å². The number of aryl methyl sites for hydroxylation is 2. The summed E-state index contributed by atoms with van der Waals surface area (Å²) in [6.45, 7) is 4.43. The molecule has 0 aliphatic heterocycles. The Bertz CT molecular complexity index is 597. The number of benzene rings is 1. The molecular formula is C16H16N2O. The summed E-state index contributed by atoms with van der Waals surface area (Å²) < 4.78 is 5.63. The van der Waals surface area contributed by atoms with E-state index in [0.717, 1.165) is 17.7 Å². The summed E-state index contributed by atoms with van der Waals surface area (Å²) in [5.74, 6) is 0.405. The highest BCUT2D eigenvalue weighted by molar-refractivity contribution is 5.38. The van der Waals surface area contributed by atoms with Crippen LogP contribution in [0.25, 0.3) is 0 Å². The fourth-order valence-electron chi connectivity index (χ4n) is 1.75. The zero-order chi connectivity index (χ0) is 13.7. The highest BCUT2D eigenvalue weighted by atomic mass is 16.5. The predicted molar refractivity (Wildman–Crippen MR) is 73.8 cm³/mol. The molecule has 0 amide bonds. The molecule has 0 N–H and O–H groups in total. The average molecular weight is 252 g/mol. The standard InChI is InChI=1S/C16H16N2O/c1-3-13-5-7-14(8-6-13)11-19-16-15(10-17)9-4-12(2)18-16/h4-9H,3,11H2,1-2H3. The van der Waals surface area contributed by atoms with Crippen LogP contribution in [0.2, 0.25) is 0 Å². The zero-order valence-electron chi connectivity index (χ0n) is 11.2. The van der Waals surface area contributed by atoms with Gasteiger partial charge in [-0.3, -0.25) is 0 Å². The van der Waals surface area contributed by atoms with Crippen LogP contribution >= 0.6 is 0 Å². The molecule has 2 rings (SSSR count). The van der Waals surface area contributed by atoms with E-state index in [0.29, 0.717) is 18.1 Å². The van der Waals surface area contributed by atoms with E-state index in [2.05, 4.69) is 30.1 Å². The molecule has 2 aromatic rings. The fraction of sp³-hybridized carbons (Fsp3) is 0.250. The molecule has 1 aromatic carbocycles. The molecule has 0 saturated heterocycles. The number of nitriles is 1. The highest BCUT2D eigenvalue weighted by Crippen LogP contribution is 2.16. The Labute approximate surface area is 113 Å². The summed E-state index contributed by atoms with van der Waals surface area (Å²) in [5, 5.41) is 9.00. The molecule has 3 heteroatoms. The SMILES string of the molecule is CCc1ccc(COc2nc(C)ccc2C#N)cc1. The molecule has 0 aliphatic rings. The Morgan fingerprint density at radius 2 is 1.79 bits per heavy atom. The van der Waals surface area contributed by atoms with Gasteiger partial charge in [-0.25, -0.2) is 4.98 Å². The average Bonchev–Trinajstić information content (AvgIpc) is 2.46. The summed E-state index contributed by atoms with van der Waals surface area (Å²) in [5.41, 5.74) is 3.69. The molecule has 0 unspecified atom stereocenters. The van der Waals surface area contributed by atoms with Gasteiger partial charge in [-0.05, 0) is 36.6 Å². The third kappa shape index (κ3) is 3.32. The first-order chi connectivity index (χ1) is 9.22. The monoisotopic (exact) mass is 252 g/mol. The van der Waals surface area contributed by atoms with E-state index < -0.39 is 0 Å². The van der Waals surface area contributed by atoms with Gasteiger partial charge in [0, 0.05) is 5.69 Å². The molecule has 0 spiro atoms. The Balaban J connectivity index is 2.09. The van der Waals surface area contributed by atoms with Crippen LogP contribution in [-0.4, -0.2) is 4.98 Å². The fourth-order valence-corrected chi connectivity index (χ4v) is 1.75. The minimum atomic E-state index is 0.405. The van der Waals surface area contributed by atoms with Gasteiger partial charge in [-0.1, -0.05) is 31.2 Å². The molecule has 96 valence electrons. The number of ether oxygens (including phenoxy) is 1. The van der Waals surface area contributed by atoms with E-state index in [1.807, 2.05) is 19.1 Å². The summed E-state index contributed by atoms with van der Waals surface area (Å²) in [7, 11) is 0. The van der Waals surface area contributed by atoms with Crippen LogP contribution in [-0.2, 0) is 13.0 Å². The van der Waals surface area contributed by atoms with E-state index in [1.165, 1.54) is 5.56 Å². The Morgan fingerprint density at radius 1 is 1.11 bits per heavy atom. The number of pyridine rings is 1. The zero-order valence-corrected chi connectivity index (χ0v) is 11.2. The summed E-state index contributed by atoms with van der Waals surface area (Å²) in [6, 6.07) is 13.9. The second-order valence-corrected chi connectivity index (χ2v) is 4.38. The van der Waals surface area contributed by atoms with E-state index >= 15 is 0 Å². The highest BCUT2D eigenvalue weighted by Gasteiger charge is 2.05. The van der Waals surface area contributed by atoms with Gasteiger partial charge < -0.3 is 4.74 Å². The van der Waals surface area contributed by atoms with Crippen molar-refractivity contribution in [2.24, 2.45) is 0 Å². The first-order valence-electron chi connectivity index (χ1n) is 6.31. The van der Waals surface area contributed by atoms with Gasteiger partial charge >= 0.3 is 0 Å². The van der Waals surface area contributed by atoms with Crippen molar-refractivity contribution in [2.45, 2.75) is 26.9 Å². The molecule has 0 atom stereocenters. The minimum Gasteiger partial charge on any atom is -0.472 e. The van der Waals surface area contributed by atoms with Crippen LogP contribution in [0.4, 0.5) is 0 Å². The topological polar surface area (TPSA) is 45.9 Å². The molecule has 0 saturated carbocycles. The maximum absolute atomic E-state index is 9.00. The summed E-state index contributed by atoms with van der Waals surface area (Å²) in [6.07, 6.45) is 1.03. The first kappa shape index (κ1) is 13.1. The quantitative estimate of drug-likeness (QED) is 0.837. The van der Waals surface area contributed by atoms with Crippen molar-refractivity contribution >= 4 is 0 Å². The van der Waals surface area contributed by atoms with Crippen LogP contribution in [0, 0.1) is 18.3 Å². The number of aromatic nitrogens is 1. The van der Waals surface area contributed by atoms with Gasteiger partial charge in [0.2, 0.25) is 5.88 Å². The lowest BCUT2D eigenvalue weighted by Gasteiger charge is -2.08. The lowest BCUT2D eigenvalue weighted by atomic mass is 10.1. The molecule has 0 bridgehead atoms. The minimum absolute atomic E-state index is 0.405. The predicted octanol–water partition coefficient (Wildman–Crippen LogP) is 3.40. The van der Waals surface area contributed by atoms with Gasteiger partial charge in [0.25, 0.3) is 0 Å². The van der Waals surface area contributed by atoms with Gasteiger partial charge in [0.1, 0.15) is 18.2 Å². The lowest BCUT2D eigenvalue weighted by molar-refractivity contribution is 0.292. The molecule has 1 aromatic heterocycles. The van der Waals surface area contributed by atoms with Crippen molar-refractivity contribution in [3.63, 3.8) is 0 Å². The largest absolute Gasteiger partial charge is 0.472 e. The van der Waals surface area contributed by atoms with Gasteiger partial charge in [-0.15, -0.1) is 0 Å².